The molecule has 3 N–H and O–H groups in total. The summed E-state index contributed by atoms with van der Waals surface area (Å²) in [7, 11) is 1.46. The smallest absolute Gasteiger partial charge is 0.410 e. The number of piperazine rings is 1. The van der Waals surface area contributed by atoms with Gasteiger partial charge >= 0.3 is 12.1 Å². The number of methoxy groups -OCH3 is 1. The summed E-state index contributed by atoms with van der Waals surface area (Å²) in [5.41, 5.74) is -1.29. The van der Waals surface area contributed by atoms with Crippen molar-refractivity contribution in [1.82, 2.24) is 45.3 Å². The van der Waals surface area contributed by atoms with Crippen LogP contribution < -0.4 is 25.0 Å². The van der Waals surface area contributed by atoms with Gasteiger partial charge < -0.3 is 49.2 Å². The van der Waals surface area contributed by atoms with E-state index in [-0.39, 0.29) is 103 Å². The molecular formula is C67H78F4N10O10. The van der Waals surface area contributed by atoms with Crippen LogP contribution >= 0.6 is 0 Å². The van der Waals surface area contributed by atoms with Crippen molar-refractivity contribution in [3.63, 3.8) is 0 Å². The number of aliphatic hydroxyl groups excluding tert-OH is 1. The molecule has 4 saturated heterocycles. The lowest BCUT2D eigenvalue weighted by Gasteiger charge is -2.42. The van der Waals surface area contributed by atoms with Gasteiger partial charge in [0.2, 0.25) is 17.7 Å². The number of hydrogen-bond acceptors (Lipinski definition) is 16. The zero-order chi connectivity index (χ0) is 65.1. The largest absolute Gasteiger partial charge is 0.468 e. The fourth-order valence-electron chi connectivity index (χ4n) is 12.6. The lowest BCUT2D eigenvalue weighted by atomic mass is 9.85. The highest BCUT2D eigenvalue weighted by atomic mass is 19.1. The Morgan fingerprint density at radius 3 is 2.30 bits per heavy atom. The molecule has 20 nitrogen and oxygen atoms in total. The van der Waals surface area contributed by atoms with Crippen molar-refractivity contribution in [2.45, 2.75) is 141 Å². The molecule has 0 radical (unpaired) electrons. The van der Waals surface area contributed by atoms with E-state index >= 15 is 8.78 Å². The Hall–Kier alpha value is -8.24. The number of anilines is 1. The molecule has 4 aliphatic heterocycles. The second kappa shape index (κ2) is 27.7. The maximum Gasteiger partial charge on any atom is 0.410 e. The highest BCUT2D eigenvalue weighted by molar-refractivity contribution is 6.03. The summed E-state index contributed by atoms with van der Waals surface area (Å²) < 4.78 is 91.1. The molecule has 7 atom stereocenters. The summed E-state index contributed by atoms with van der Waals surface area (Å²) in [6.45, 7) is 15.0. The molecule has 4 aliphatic rings. The third kappa shape index (κ3) is 14.8. The number of halogens is 4. The van der Waals surface area contributed by atoms with Gasteiger partial charge in [0, 0.05) is 82.1 Å². The Bertz CT molecular complexity index is 3700. The van der Waals surface area contributed by atoms with E-state index in [9.17, 15) is 33.1 Å². The zero-order valence-corrected chi connectivity index (χ0v) is 52.5. The Labute approximate surface area is 526 Å². The average Bonchev–Trinajstić information content (AvgIpc) is 1.48. The SMILES string of the molecule is C#Cc1c(F)ccc2cc(OCOC)cc(-c3ncc4c(N5CC6CCC(C5)N6C(=O)OC(C)(C)C)nc(OC[C@@H]5CCCN5CCCOCCC(=O)N[C@H](C(=O)N5C[C@H](O)C[C@H]5C(=O)N[C@@H](C)c5ccc(-c6c(F)cccc6F)nc5)C(C)(C)C)nc4c3F)c12. The minimum Gasteiger partial charge on any atom is -0.468 e. The number of nitrogens with one attached hydrogen (secondary N) is 2. The molecule has 4 fully saturated rings. The summed E-state index contributed by atoms with van der Waals surface area (Å²) in [4.78, 5) is 81.0. The van der Waals surface area contributed by atoms with Gasteiger partial charge in [0.05, 0.1) is 53.0 Å². The van der Waals surface area contributed by atoms with Crippen molar-refractivity contribution >= 4 is 51.3 Å². The van der Waals surface area contributed by atoms with Crippen LogP contribution in [0.3, 0.4) is 0 Å². The number of aromatic nitrogens is 4. The van der Waals surface area contributed by atoms with Crippen molar-refractivity contribution in [2.75, 3.05) is 71.3 Å². The fraction of sp³-hybridized carbons (Fsp3) is 0.493. The van der Waals surface area contributed by atoms with E-state index in [1.54, 1.807) is 44.7 Å². The first-order valence-corrected chi connectivity index (χ1v) is 30.8. The number of aliphatic hydroxyl groups is 1. The molecule has 3 aromatic carbocycles. The predicted octanol–water partition coefficient (Wildman–Crippen LogP) is 9.03. The second-order valence-electron chi connectivity index (χ2n) is 25.8. The molecule has 91 heavy (non-hydrogen) atoms. The summed E-state index contributed by atoms with van der Waals surface area (Å²) >= 11 is 0. The third-order valence-electron chi connectivity index (χ3n) is 17.1. The molecule has 0 aliphatic carbocycles. The van der Waals surface area contributed by atoms with Gasteiger partial charge in [-0.15, -0.1) is 6.42 Å². The van der Waals surface area contributed by atoms with E-state index in [2.05, 4.69) is 31.4 Å². The van der Waals surface area contributed by atoms with Crippen LogP contribution in [0.15, 0.2) is 67.0 Å². The number of β-amino-alcohol motifs (C(OH)–C–C–N with tert-alkyl or cyclic N) is 1. The molecule has 7 heterocycles. The van der Waals surface area contributed by atoms with Crippen LogP contribution in [0, 0.1) is 41.0 Å². The Morgan fingerprint density at radius 2 is 1.62 bits per heavy atom. The summed E-state index contributed by atoms with van der Waals surface area (Å²) in [5, 5.41) is 17.5. The minimum atomic E-state index is -1.06. The number of nitrogens with zero attached hydrogens (tertiary/aromatic N) is 8. The topological polar surface area (TPSA) is 223 Å². The molecule has 2 unspecified atom stereocenters. The lowest BCUT2D eigenvalue weighted by molar-refractivity contribution is -0.144. The normalized spacial score (nSPS) is 20.0. The Morgan fingerprint density at radius 1 is 0.868 bits per heavy atom. The first kappa shape index (κ1) is 65.7. The molecule has 3 aromatic heterocycles. The lowest BCUT2D eigenvalue weighted by Crippen LogP contribution is -2.58. The number of hydrogen-bond donors (Lipinski definition) is 3. The van der Waals surface area contributed by atoms with Gasteiger partial charge in [-0.1, -0.05) is 44.9 Å². The number of carbonyl (C=O) groups excluding carboxylic acids is 4. The summed E-state index contributed by atoms with van der Waals surface area (Å²) in [6.07, 6.45) is 11.1. The maximum absolute atomic E-state index is 17.7. The van der Waals surface area contributed by atoms with E-state index in [4.69, 9.17) is 40.1 Å². The van der Waals surface area contributed by atoms with Gasteiger partial charge in [-0.25, -0.2) is 22.4 Å². The first-order valence-electron chi connectivity index (χ1n) is 30.8. The molecule has 6 aromatic rings. The van der Waals surface area contributed by atoms with Crippen LogP contribution in [0.1, 0.15) is 111 Å². The number of rotatable bonds is 21. The van der Waals surface area contributed by atoms with Gasteiger partial charge in [0.1, 0.15) is 64.5 Å². The molecule has 10 rings (SSSR count). The monoisotopic (exact) mass is 1260 g/mol. The van der Waals surface area contributed by atoms with E-state index < -0.39 is 82.3 Å². The van der Waals surface area contributed by atoms with Crippen LogP contribution in [-0.4, -0.2) is 172 Å². The fourth-order valence-corrected chi connectivity index (χ4v) is 12.6. The van der Waals surface area contributed by atoms with Gasteiger partial charge in [-0.05, 0) is 119 Å². The van der Waals surface area contributed by atoms with Crippen molar-refractivity contribution in [3.8, 4) is 46.6 Å². The highest BCUT2D eigenvalue weighted by Gasteiger charge is 2.47. The standard InChI is InChI=1S/C67H78F4N10O10/c1-10-46-49(68)21-17-39-28-45(90-37-87-9)30-47(55(39)46)58-57(71)59-48(32-73-58)61(79-33-41-19-20-42(34-79)81(41)65(86)91-67(6,7)8)77-64(76-59)89-36-43-14-12-24-78(43)25-13-26-88-27-23-54(83)75-60(66(3,4)5)63(85)80-35-44(82)29-53(80)62(84)74-38(2)40-18-22-52(72-31-40)56-50(69)15-11-16-51(56)70/h1,11,15-18,21-22,28,30-32,38,41-44,53,60,82H,12-14,19-20,23-27,29,33-37H2,2-9H3,(H,74,84)(H,75,83)/t38-,41?,42?,43-,44+,53-,60+/m0/s1. The zero-order valence-electron chi connectivity index (χ0n) is 52.5. The molecule has 24 heteroatoms. The number of fused-ring (bicyclic) bond motifs is 4. The maximum atomic E-state index is 17.7. The summed E-state index contributed by atoms with van der Waals surface area (Å²) in [6, 6.07) is 9.27. The number of likely N-dealkylation sites (tertiary alicyclic amines) is 2. The molecule has 0 spiro atoms. The van der Waals surface area contributed by atoms with Crippen LogP contribution in [0.4, 0.5) is 28.2 Å². The van der Waals surface area contributed by atoms with Crippen LogP contribution in [0.25, 0.3) is 44.2 Å². The average molecular weight is 1260 g/mol. The number of terminal acetylenes is 1. The summed E-state index contributed by atoms with van der Waals surface area (Å²) in [5.74, 6) is -1.39. The van der Waals surface area contributed by atoms with E-state index in [1.165, 1.54) is 54.7 Å². The number of ether oxygens (including phenoxy) is 5. The van der Waals surface area contributed by atoms with Crippen LogP contribution in [-0.2, 0) is 28.6 Å². The second-order valence-corrected chi connectivity index (χ2v) is 25.8. The minimum absolute atomic E-state index is 0.0274. The molecule has 484 valence electrons. The Balaban J connectivity index is 0.770. The van der Waals surface area contributed by atoms with Gasteiger partial charge in [0.25, 0.3) is 0 Å². The highest BCUT2D eigenvalue weighted by Crippen LogP contribution is 2.41. The molecule has 2 bridgehead atoms. The molecule has 4 amide bonds. The third-order valence-corrected chi connectivity index (χ3v) is 17.1. The quantitative estimate of drug-likeness (QED) is 0.0265. The van der Waals surface area contributed by atoms with Crippen molar-refractivity contribution in [1.29, 1.82) is 0 Å². The molecular weight excluding hydrogens is 1180 g/mol. The number of amides is 4. The first-order chi connectivity index (χ1) is 43.4. The van der Waals surface area contributed by atoms with Crippen LogP contribution in [0.5, 0.6) is 11.8 Å². The van der Waals surface area contributed by atoms with Gasteiger partial charge in [-0.2, -0.15) is 9.97 Å². The van der Waals surface area contributed by atoms with Crippen molar-refractivity contribution in [2.24, 2.45) is 5.41 Å². The number of benzene rings is 3. The van der Waals surface area contributed by atoms with Gasteiger partial charge in [-0.3, -0.25) is 34.2 Å². The van der Waals surface area contributed by atoms with Crippen LogP contribution in [0.2, 0.25) is 0 Å². The van der Waals surface area contributed by atoms with Crippen molar-refractivity contribution < 1.29 is 65.5 Å². The Kier molecular flexibility index (Phi) is 20.0. The number of pyridine rings is 2. The van der Waals surface area contributed by atoms with E-state index in [1.807, 2.05) is 25.7 Å². The predicted molar refractivity (Wildman–Crippen MR) is 332 cm³/mol. The molecule has 0 saturated carbocycles. The van der Waals surface area contributed by atoms with Gasteiger partial charge in [0.15, 0.2) is 12.6 Å². The van der Waals surface area contributed by atoms with E-state index in [0.717, 1.165) is 44.4 Å². The number of carbonyl (C=O) groups is 4. The van der Waals surface area contributed by atoms with E-state index in [0.29, 0.717) is 60.6 Å². The van der Waals surface area contributed by atoms with Crippen molar-refractivity contribution in [3.05, 3.63) is 101 Å².